The van der Waals surface area contributed by atoms with Gasteiger partial charge in [0.05, 0.1) is 24.9 Å². The lowest BCUT2D eigenvalue weighted by Gasteiger charge is -2.23. The molecule has 1 aromatic heterocycles. The van der Waals surface area contributed by atoms with Crippen LogP contribution in [-0.4, -0.2) is 27.8 Å². The number of aromatic nitrogens is 2. The van der Waals surface area contributed by atoms with E-state index in [4.69, 9.17) is 9.84 Å². The van der Waals surface area contributed by atoms with Crippen molar-refractivity contribution in [3.05, 3.63) is 94.8 Å². The van der Waals surface area contributed by atoms with Crippen LogP contribution in [-0.2, 0) is 13.2 Å². The van der Waals surface area contributed by atoms with E-state index in [1.165, 1.54) is 5.56 Å². The number of benzene rings is 3. The van der Waals surface area contributed by atoms with Crippen molar-refractivity contribution in [3.8, 4) is 17.0 Å². The third-order valence-electron chi connectivity index (χ3n) is 5.84. The van der Waals surface area contributed by atoms with Crippen LogP contribution >= 0.6 is 0 Å². The zero-order chi connectivity index (χ0) is 21.2. The van der Waals surface area contributed by atoms with Crippen LogP contribution in [0.25, 0.3) is 22.0 Å². The van der Waals surface area contributed by atoms with Gasteiger partial charge in [-0.25, -0.2) is 4.68 Å². The van der Waals surface area contributed by atoms with Crippen LogP contribution < -0.4 is 10.3 Å². The van der Waals surface area contributed by atoms with Gasteiger partial charge in [-0.05, 0) is 36.6 Å². The van der Waals surface area contributed by atoms with E-state index in [0.29, 0.717) is 18.1 Å². The fourth-order valence-corrected chi connectivity index (χ4v) is 4.01. The molecule has 0 radical (unpaired) electrons. The second kappa shape index (κ2) is 8.36. The van der Waals surface area contributed by atoms with E-state index >= 15 is 0 Å². The molecule has 4 aromatic rings. The Bertz CT molecular complexity index is 1250. The van der Waals surface area contributed by atoms with Gasteiger partial charge >= 0.3 is 0 Å². The van der Waals surface area contributed by atoms with Gasteiger partial charge in [0.1, 0.15) is 5.75 Å². The first-order valence-electron chi connectivity index (χ1n) is 10.7. The van der Waals surface area contributed by atoms with Gasteiger partial charge in [0, 0.05) is 23.5 Å². The summed E-state index contributed by atoms with van der Waals surface area (Å²) in [5.74, 6) is 0.849. The summed E-state index contributed by atoms with van der Waals surface area (Å²) in [5, 5.41) is 6.43. The predicted molar refractivity (Wildman–Crippen MR) is 123 cm³/mol. The molecule has 0 N–H and O–H groups in total. The van der Waals surface area contributed by atoms with Crippen LogP contribution in [0.2, 0.25) is 0 Å². The fraction of sp³-hybridized carbons (Fsp3) is 0.231. The minimum atomic E-state index is -0.0457. The molecule has 5 nitrogen and oxygen atoms in total. The molecule has 0 unspecified atom stereocenters. The summed E-state index contributed by atoms with van der Waals surface area (Å²) in [7, 11) is 1.67. The van der Waals surface area contributed by atoms with Gasteiger partial charge in [0.25, 0.3) is 5.56 Å². The van der Waals surface area contributed by atoms with Gasteiger partial charge in [-0.3, -0.25) is 9.69 Å². The van der Waals surface area contributed by atoms with Crippen molar-refractivity contribution in [2.24, 2.45) is 0 Å². The third kappa shape index (κ3) is 4.09. The highest BCUT2D eigenvalue weighted by atomic mass is 16.5. The summed E-state index contributed by atoms with van der Waals surface area (Å²) >= 11 is 0. The maximum atomic E-state index is 13.3. The molecule has 0 atom stereocenters. The Morgan fingerprint density at radius 1 is 0.935 bits per heavy atom. The first kappa shape index (κ1) is 19.5. The summed E-state index contributed by atoms with van der Waals surface area (Å²) in [6.07, 6.45) is 2.31. The third-order valence-corrected chi connectivity index (χ3v) is 5.84. The van der Waals surface area contributed by atoms with E-state index in [2.05, 4.69) is 17.0 Å². The molecule has 0 bridgehead atoms. The van der Waals surface area contributed by atoms with Crippen molar-refractivity contribution in [1.82, 2.24) is 14.7 Å². The molecule has 0 aliphatic heterocycles. The summed E-state index contributed by atoms with van der Waals surface area (Å²) in [4.78, 5) is 15.6. The molecule has 5 rings (SSSR count). The van der Waals surface area contributed by atoms with Crippen molar-refractivity contribution in [2.75, 3.05) is 7.11 Å². The van der Waals surface area contributed by atoms with Crippen LogP contribution in [0.15, 0.2) is 83.7 Å². The Kier molecular flexibility index (Phi) is 5.26. The lowest BCUT2D eigenvalue weighted by atomic mass is 10.1. The second-order valence-electron chi connectivity index (χ2n) is 8.03. The molecule has 1 saturated carbocycles. The normalized spacial score (nSPS) is 13.6. The first-order chi connectivity index (χ1) is 15.2. The Morgan fingerprint density at radius 2 is 1.61 bits per heavy atom. The van der Waals surface area contributed by atoms with E-state index < -0.39 is 0 Å². The molecule has 0 spiro atoms. The number of nitrogens with zero attached hydrogens (tertiary/aromatic N) is 3. The molecule has 31 heavy (non-hydrogen) atoms. The van der Waals surface area contributed by atoms with E-state index in [9.17, 15) is 4.79 Å². The zero-order valence-corrected chi connectivity index (χ0v) is 17.6. The van der Waals surface area contributed by atoms with Crippen molar-refractivity contribution < 1.29 is 4.74 Å². The molecular weight excluding hydrogens is 386 g/mol. The lowest BCUT2D eigenvalue weighted by Crippen LogP contribution is -2.35. The highest BCUT2D eigenvalue weighted by Gasteiger charge is 2.30. The van der Waals surface area contributed by atoms with Gasteiger partial charge in [-0.2, -0.15) is 5.10 Å². The molecular formula is C26H25N3O2. The van der Waals surface area contributed by atoms with Crippen molar-refractivity contribution in [3.63, 3.8) is 0 Å². The molecule has 1 fully saturated rings. The largest absolute Gasteiger partial charge is 0.497 e. The quantitative estimate of drug-likeness (QED) is 0.442. The van der Waals surface area contributed by atoms with Gasteiger partial charge in [0.2, 0.25) is 0 Å². The van der Waals surface area contributed by atoms with E-state index in [1.54, 1.807) is 11.8 Å². The molecule has 156 valence electrons. The number of methoxy groups -OCH3 is 1. The number of hydrogen-bond acceptors (Lipinski definition) is 4. The van der Waals surface area contributed by atoms with Crippen LogP contribution in [0.5, 0.6) is 5.75 Å². The molecule has 3 aromatic carbocycles. The number of hydrogen-bond donors (Lipinski definition) is 0. The van der Waals surface area contributed by atoms with Crippen molar-refractivity contribution in [2.45, 2.75) is 32.1 Å². The van der Waals surface area contributed by atoms with Gasteiger partial charge < -0.3 is 4.74 Å². The smallest absolute Gasteiger partial charge is 0.275 e. The van der Waals surface area contributed by atoms with E-state index in [0.717, 1.165) is 41.8 Å². The van der Waals surface area contributed by atoms with Crippen LogP contribution in [0.3, 0.4) is 0 Å². The molecule has 1 heterocycles. The number of fused-ring (bicyclic) bond motifs is 1. The summed E-state index contributed by atoms with van der Waals surface area (Å²) < 4.78 is 6.90. The number of ether oxygens (including phenoxy) is 1. The van der Waals surface area contributed by atoms with Crippen LogP contribution in [0.4, 0.5) is 0 Å². The lowest BCUT2D eigenvalue weighted by molar-refractivity contribution is 0.184. The van der Waals surface area contributed by atoms with E-state index in [-0.39, 0.29) is 5.56 Å². The average molecular weight is 412 g/mol. The van der Waals surface area contributed by atoms with Gasteiger partial charge in [0.15, 0.2) is 0 Å². The highest BCUT2D eigenvalue weighted by molar-refractivity contribution is 5.93. The monoisotopic (exact) mass is 411 g/mol. The molecule has 0 saturated heterocycles. The van der Waals surface area contributed by atoms with Crippen molar-refractivity contribution >= 4 is 10.8 Å². The molecule has 1 aliphatic rings. The van der Waals surface area contributed by atoms with Gasteiger partial charge in [-0.1, -0.05) is 60.7 Å². The summed E-state index contributed by atoms with van der Waals surface area (Å²) in [5.41, 5.74) is 3.01. The second-order valence-corrected chi connectivity index (χ2v) is 8.03. The van der Waals surface area contributed by atoms with E-state index in [1.807, 2.05) is 66.7 Å². The maximum absolute atomic E-state index is 13.3. The molecule has 0 amide bonds. The predicted octanol–water partition coefficient (Wildman–Crippen LogP) is 4.69. The Hall–Kier alpha value is -3.44. The zero-order valence-electron chi connectivity index (χ0n) is 17.6. The fourth-order valence-electron chi connectivity index (χ4n) is 4.01. The molecule has 1 aliphatic carbocycles. The topological polar surface area (TPSA) is 47.4 Å². The summed E-state index contributed by atoms with van der Waals surface area (Å²) in [6, 6.07) is 26.4. The van der Waals surface area contributed by atoms with Gasteiger partial charge in [-0.15, -0.1) is 0 Å². The minimum absolute atomic E-state index is 0.0457. The first-order valence-corrected chi connectivity index (χ1v) is 10.7. The van der Waals surface area contributed by atoms with Crippen molar-refractivity contribution in [1.29, 1.82) is 0 Å². The number of rotatable bonds is 7. The van der Waals surface area contributed by atoms with Crippen LogP contribution in [0.1, 0.15) is 18.4 Å². The molecule has 5 heteroatoms. The standard InChI is InChI=1S/C26H25N3O2/c1-31-22-15-11-19(12-16-22)17-28(21-13-14-21)18-29-26(30)24-10-6-5-9-23(24)25(27-29)20-7-3-2-4-8-20/h2-12,15-16,21H,13-14,17-18H2,1H3. The Balaban J connectivity index is 1.52. The maximum Gasteiger partial charge on any atom is 0.275 e. The van der Waals surface area contributed by atoms with Crippen LogP contribution in [0, 0.1) is 0 Å². The Labute approximate surface area is 181 Å². The SMILES string of the molecule is COc1ccc(CN(Cn2nc(-c3ccccc3)c3ccccc3c2=O)C2CC2)cc1. The highest BCUT2D eigenvalue weighted by Crippen LogP contribution is 2.30. The average Bonchev–Trinajstić information content (AvgIpc) is 3.67. The Morgan fingerprint density at radius 3 is 2.29 bits per heavy atom. The minimum Gasteiger partial charge on any atom is -0.497 e. The summed E-state index contributed by atoms with van der Waals surface area (Å²) in [6.45, 7) is 1.25.